The molecule has 0 aliphatic rings. The van der Waals surface area contributed by atoms with Crippen LogP contribution < -0.4 is 4.52 Å². The molecule has 0 radical (unpaired) electrons. The van der Waals surface area contributed by atoms with Gasteiger partial charge in [0.15, 0.2) is 5.78 Å². The lowest BCUT2D eigenvalue weighted by Crippen LogP contribution is -2.19. The number of fused-ring (bicyclic) bond motifs is 3. The first kappa shape index (κ1) is 40.8. The zero-order chi connectivity index (χ0) is 38.9. The molecule has 5 nitrogen and oxygen atoms in total. The van der Waals surface area contributed by atoms with Crippen LogP contribution in [0.15, 0.2) is 44.8 Å². The van der Waals surface area contributed by atoms with E-state index in [1.54, 1.807) is 0 Å². The monoisotopic (exact) mass is 716 g/mol. The molecule has 0 unspecified atom stereocenters. The lowest BCUT2D eigenvalue weighted by molar-refractivity contribution is 0.0969. The van der Waals surface area contributed by atoms with Crippen LogP contribution in [0.5, 0.6) is 5.75 Å². The van der Waals surface area contributed by atoms with Gasteiger partial charge in [-0.1, -0.05) is 137 Å². The SMILES string of the molecule is CC(C)(C)c1cc(C(C)(C)C)c2op(OCCC(=O)c3cc(C(C)(C)C)c(O)c(C(C)(C)C)c3)oc3c(C(C)(C)C)cc(C(C)(C)C)cc3c2c1. The molecule has 280 valence electrons. The number of Topliss-reactive ketones (excluding diaryl/α,β-unsaturated/α-hetero) is 1. The normalized spacial score (nSPS) is 13.7. The van der Waals surface area contributed by atoms with Crippen molar-refractivity contribution in [3.63, 3.8) is 0 Å². The average molecular weight is 717 g/mol. The van der Waals surface area contributed by atoms with Crippen molar-refractivity contribution in [3.05, 3.63) is 75.3 Å². The third-order valence-electron chi connectivity index (χ3n) is 9.72. The van der Waals surface area contributed by atoms with E-state index in [4.69, 9.17) is 12.9 Å². The van der Waals surface area contributed by atoms with E-state index in [1.807, 2.05) is 12.1 Å². The standard InChI is InChI=1S/C45H65O5P/c1-40(2,3)28-23-30-31-24-29(41(4,5)6)26-35(45(16,17)18)39(31)50-51(49-38(30)34(25-28)44(13,14)15)48-20-19-36(46)27-21-32(42(7,8)9)37(47)33(22-27)43(10,11)12/h21-26,47H,19-20H2,1-18H3. The predicted octanol–water partition coefficient (Wildman–Crippen LogP) is 13.5. The van der Waals surface area contributed by atoms with Crippen molar-refractivity contribution in [1.29, 1.82) is 0 Å². The first-order valence-corrected chi connectivity index (χ1v) is 19.6. The summed E-state index contributed by atoms with van der Waals surface area (Å²) in [7, 11) is -1.92. The van der Waals surface area contributed by atoms with Crippen molar-refractivity contribution in [2.45, 2.75) is 164 Å². The largest absolute Gasteiger partial charge is 0.507 e. The molecule has 0 amide bonds. The molecular formula is C45H65O5P. The van der Waals surface area contributed by atoms with Gasteiger partial charge in [0.05, 0.1) is 6.61 Å². The van der Waals surface area contributed by atoms with E-state index in [2.05, 4.69) is 149 Å². The third-order valence-corrected chi connectivity index (χ3v) is 10.8. The fourth-order valence-electron chi connectivity index (χ4n) is 6.35. The Kier molecular flexibility index (Phi) is 10.7. The number of phenols is 1. The van der Waals surface area contributed by atoms with Gasteiger partial charge in [0.25, 0.3) is 0 Å². The molecule has 0 aliphatic heterocycles. The van der Waals surface area contributed by atoms with E-state index < -0.39 is 8.24 Å². The van der Waals surface area contributed by atoms with Crippen molar-refractivity contribution in [2.75, 3.05) is 6.61 Å². The smallest absolute Gasteiger partial charge is 0.387 e. The maximum Gasteiger partial charge on any atom is 0.387 e. The van der Waals surface area contributed by atoms with Crippen LogP contribution in [0.3, 0.4) is 0 Å². The molecule has 1 heterocycles. The second kappa shape index (κ2) is 13.4. The van der Waals surface area contributed by atoms with Crippen LogP contribution in [-0.4, -0.2) is 17.5 Å². The summed E-state index contributed by atoms with van der Waals surface area (Å²) in [6, 6.07) is 12.8. The first-order valence-electron chi connectivity index (χ1n) is 18.5. The highest BCUT2D eigenvalue weighted by Gasteiger charge is 2.30. The van der Waals surface area contributed by atoms with Gasteiger partial charge in [-0.05, 0) is 67.9 Å². The molecule has 0 fully saturated rings. The number of aromatic hydroxyl groups is 1. The molecule has 0 saturated heterocycles. The van der Waals surface area contributed by atoms with Crippen LogP contribution in [0.25, 0.3) is 21.9 Å². The highest BCUT2D eigenvalue weighted by Crippen LogP contribution is 2.45. The molecule has 4 rings (SSSR count). The molecule has 51 heavy (non-hydrogen) atoms. The highest BCUT2D eigenvalue weighted by atomic mass is 31.1. The minimum atomic E-state index is -1.92. The lowest BCUT2D eigenvalue weighted by atomic mass is 9.77. The maximum atomic E-state index is 13.8. The van der Waals surface area contributed by atoms with Crippen LogP contribution in [0.1, 0.15) is 175 Å². The number of hydrogen-bond acceptors (Lipinski definition) is 5. The molecule has 0 bridgehead atoms. The maximum absolute atomic E-state index is 13.8. The Hall–Kier alpha value is -3.01. The fourth-order valence-corrected chi connectivity index (χ4v) is 7.43. The van der Waals surface area contributed by atoms with E-state index in [0.29, 0.717) is 5.56 Å². The average Bonchev–Trinajstić information content (AvgIpc) is 3.09. The number of rotatable bonds is 5. The number of carbonyl (C=O) groups excluding carboxylic acids is 1. The minimum Gasteiger partial charge on any atom is -0.507 e. The molecular weight excluding hydrogens is 651 g/mol. The van der Waals surface area contributed by atoms with Gasteiger partial charge in [-0.3, -0.25) is 9.32 Å². The fraction of sp³-hybridized carbons (Fsp3) is 0.578. The van der Waals surface area contributed by atoms with E-state index in [1.165, 1.54) is 11.1 Å². The molecule has 0 atom stereocenters. The van der Waals surface area contributed by atoms with Crippen molar-refractivity contribution >= 4 is 36.0 Å². The molecule has 0 spiro atoms. The van der Waals surface area contributed by atoms with Crippen molar-refractivity contribution in [2.24, 2.45) is 0 Å². The van der Waals surface area contributed by atoms with Gasteiger partial charge in [0.2, 0.25) is 0 Å². The summed E-state index contributed by atoms with van der Waals surface area (Å²) >= 11 is 0. The van der Waals surface area contributed by atoms with Gasteiger partial charge in [0.1, 0.15) is 16.9 Å². The summed E-state index contributed by atoms with van der Waals surface area (Å²) in [5.41, 5.74) is 7.02. The van der Waals surface area contributed by atoms with Gasteiger partial charge >= 0.3 is 8.24 Å². The summed E-state index contributed by atoms with van der Waals surface area (Å²) in [6.07, 6.45) is 0.146. The summed E-state index contributed by atoms with van der Waals surface area (Å²) in [4.78, 5) is 13.8. The topological polar surface area (TPSA) is 72.8 Å². The Morgan fingerprint density at radius 1 is 0.549 bits per heavy atom. The van der Waals surface area contributed by atoms with Crippen LogP contribution in [-0.2, 0) is 32.5 Å². The number of phenolic OH excluding ortho intramolecular Hbond substituents is 1. The van der Waals surface area contributed by atoms with Crippen molar-refractivity contribution < 1.29 is 22.8 Å². The molecule has 4 aromatic rings. The van der Waals surface area contributed by atoms with E-state index in [9.17, 15) is 9.90 Å². The summed E-state index contributed by atoms with van der Waals surface area (Å²) < 4.78 is 20.2. The third kappa shape index (κ3) is 8.97. The Balaban J connectivity index is 1.96. The molecule has 3 aromatic carbocycles. The van der Waals surface area contributed by atoms with Gasteiger partial charge in [-0.25, -0.2) is 0 Å². The van der Waals surface area contributed by atoms with Gasteiger partial charge in [-0.2, -0.15) is 0 Å². The van der Waals surface area contributed by atoms with Crippen molar-refractivity contribution in [3.8, 4) is 5.75 Å². The quantitative estimate of drug-likeness (QED) is 0.208. The Morgan fingerprint density at radius 2 is 0.902 bits per heavy atom. The van der Waals surface area contributed by atoms with Gasteiger partial charge in [0, 0.05) is 45.0 Å². The summed E-state index contributed by atoms with van der Waals surface area (Å²) in [5, 5.41) is 13.2. The van der Waals surface area contributed by atoms with Crippen LogP contribution in [0.2, 0.25) is 0 Å². The highest BCUT2D eigenvalue weighted by molar-refractivity contribution is 7.31. The molecule has 0 aliphatic carbocycles. The lowest BCUT2D eigenvalue weighted by Gasteiger charge is -2.28. The summed E-state index contributed by atoms with van der Waals surface area (Å²) in [5.74, 6) is 0.212. The molecule has 1 aromatic heterocycles. The second-order valence-corrected chi connectivity index (χ2v) is 21.7. The number of ketones is 1. The summed E-state index contributed by atoms with van der Waals surface area (Å²) in [6.45, 7) is 39.2. The van der Waals surface area contributed by atoms with E-state index >= 15 is 0 Å². The zero-order valence-corrected chi connectivity index (χ0v) is 35.8. The predicted molar refractivity (Wildman–Crippen MR) is 217 cm³/mol. The Morgan fingerprint density at radius 3 is 1.22 bits per heavy atom. The first-order chi connectivity index (χ1) is 22.9. The molecule has 0 saturated carbocycles. The number of carbonyl (C=O) groups is 1. The van der Waals surface area contributed by atoms with E-state index in [-0.39, 0.29) is 57.1 Å². The van der Waals surface area contributed by atoms with Gasteiger partial charge < -0.3 is 13.5 Å². The minimum absolute atomic E-state index is 0.0491. The van der Waals surface area contributed by atoms with Crippen LogP contribution >= 0.6 is 8.24 Å². The second-order valence-electron chi connectivity index (χ2n) is 20.6. The van der Waals surface area contributed by atoms with Crippen molar-refractivity contribution in [1.82, 2.24) is 0 Å². The Labute approximate surface area is 309 Å². The molecule has 1 N–H and O–H groups in total. The number of hydrogen-bond donors (Lipinski definition) is 1. The van der Waals surface area contributed by atoms with Crippen LogP contribution in [0.4, 0.5) is 0 Å². The zero-order valence-electron chi connectivity index (χ0n) is 34.9. The molecule has 6 heteroatoms. The van der Waals surface area contributed by atoms with Crippen LogP contribution in [0, 0.1) is 0 Å². The van der Waals surface area contributed by atoms with E-state index in [0.717, 1.165) is 44.2 Å². The number of benzene rings is 3. The van der Waals surface area contributed by atoms with Gasteiger partial charge in [-0.15, -0.1) is 0 Å². The Bertz CT molecular complexity index is 1860.